The van der Waals surface area contributed by atoms with Crippen molar-refractivity contribution < 1.29 is 0 Å². The summed E-state index contributed by atoms with van der Waals surface area (Å²) in [7, 11) is 0. The van der Waals surface area contributed by atoms with Crippen LogP contribution < -0.4 is 0 Å². The molecule has 0 aliphatic rings. The highest BCUT2D eigenvalue weighted by Crippen LogP contribution is 2.09. The average Bonchev–Trinajstić information content (AvgIpc) is 1.88. The Hall–Kier alpha value is -0.200. The van der Waals surface area contributed by atoms with Gasteiger partial charge in [0.2, 0.25) is 0 Å². The highest BCUT2D eigenvalue weighted by atomic mass is 127. The maximum absolute atomic E-state index is 5.71. The molecule has 0 nitrogen and oxygen atoms in total. The summed E-state index contributed by atoms with van der Waals surface area (Å²) in [5.74, 6) is 2.90. The lowest BCUT2D eigenvalue weighted by molar-refractivity contribution is 1.65. The standard InChI is InChI=1S/C8H4ClI/c9-8-3-1-2-7(6-8)4-5-10/h1-3,6H. The van der Waals surface area contributed by atoms with E-state index < -0.39 is 0 Å². The van der Waals surface area contributed by atoms with Crippen LogP contribution >= 0.6 is 34.2 Å². The normalized spacial score (nSPS) is 8.20. The van der Waals surface area contributed by atoms with E-state index in [1.165, 1.54) is 0 Å². The average molecular weight is 262 g/mol. The van der Waals surface area contributed by atoms with Gasteiger partial charge in [-0.05, 0) is 22.1 Å². The van der Waals surface area contributed by atoms with Crippen molar-refractivity contribution in [2.45, 2.75) is 0 Å². The summed E-state index contributed by atoms with van der Waals surface area (Å²) < 4.78 is 2.77. The summed E-state index contributed by atoms with van der Waals surface area (Å²) in [4.78, 5) is 0. The summed E-state index contributed by atoms with van der Waals surface area (Å²) in [6.07, 6.45) is 0. The Morgan fingerprint density at radius 2 is 2.20 bits per heavy atom. The van der Waals surface area contributed by atoms with Crippen LogP contribution in [0.15, 0.2) is 24.3 Å². The monoisotopic (exact) mass is 262 g/mol. The Morgan fingerprint density at radius 1 is 1.40 bits per heavy atom. The predicted molar refractivity (Wildman–Crippen MR) is 52.4 cm³/mol. The molecule has 0 amide bonds. The maximum atomic E-state index is 5.71. The molecule has 1 rings (SSSR count). The minimum atomic E-state index is 0.733. The zero-order valence-corrected chi connectivity index (χ0v) is 7.98. The predicted octanol–water partition coefficient (Wildman–Crippen LogP) is 3.08. The molecule has 0 N–H and O–H groups in total. The largest absolute Gasteiger partial charge is 0.0843 e. The van der Waals surface area contributed by atoms with E-state index in [4.69, 9.17) is 11.6 Å². The molecule has 0 radical (unpaired) electrons. The van der Waals surface area contributed by atoms with Crippen molar-refractivity contribution in [3.63, 3.8) is 0 Å². The first-order valence-electron chi connectivity index (χ1n) is 2.70. The van der Waals surface area contributed by atoms with E-state index in [0.29, 0.717) is 0 Å². The maximum Gasteiger partial charge on any atom is 0.0418 e. The molecule has 0 aliphatic heterocycles. The molecule has 0 heterocycles. The molecule has 10 heavy (non-hydrogen) atoms. The molecule has 0 saturated carbocycles. The Kier molecular flexibility index (Phi) is 3.04. The zero-order valence-electron chi connectivity index (χ0n) is 5.07. The van der Waals surface area contributed by atoms with Crippen LogP contribution in [0, 0.1) is 9.85 Å². The molecular formula is C8H4ClI. The van der Waals surface area contributed by atoms with Gasteiger partial charge in [0.1, 0.15) is 0 Å². The Balaban J connectivity index is 3.03. The van der Waals surface area contributed by atoms with Crippen LogP contribution in [0.1, 0.15) is 5.56 Å². The van der Waals surface area contributed by atoms with Crippen LogP contribution in [0.4, 0.5) is 0 Å². The van der Waals surface area contributed by atoms with Gasteiger partial charge in [0.25, 0.3) is 0 Å². The van der Waals surface area contributed by atoms with Gasteiger partial charge in [-0.1, -0.05) is 23.6 Å². The number of hydrogen-bond donors (Lipinski definition) is 0. The lowest BCUT2D eigenvalue weighted by atomic mass is 10.2. The van der Waals surface area contributed by atoms with E-state index in [-0.39, 0.29) is 0 Å². The second kappa shape index (κ2) is 3.85. The van der Waals surface area contributed by atoms with E-state index in [1.54, 1.807) is 0 Å². The van der Waals surface area contributed by atoms with Gasteiger partial charge in [0.15, 0.2) is 0 Å². The van der Waals surface area contributed by atoms with Gasteiger partial charge in [0.05, 0.1) is 0 Å². The summed E-state index contributed by atoms with van der Waals surface area (Å²) in [6, 6.07) is 7.49. The van der Waals surface area contributed by atoms with Gasteiger partial charge in [-0.25, -0.2) is 0 Å². The molecule has 0 saturated heterocycles. The molecule has 0 unspecified atom stereocenters. The molecule has 0 fully saturated rings. The fourth-order valence-corrected chi connectivity index (χ4v) is 1.12. The van der Waals surface area contributed by atoms with Gasteiger partial charge in [-0.3, -0.25) is 0 Å². The fraction of sp³-hybridized carbons (Fsp3) is 0. The summed E-state index contributed by atoms with van der Waals surface area (Å²) in [5.41, 5.74) is 0.960. The first kappa shape index (κ1) is 7.90. The van der Waals surface area contributed by atoms with Crippen molar-refractivity contribution in [2.75, 3.05) is 0 Å². The van der Waals surface area contributed by atoms with E-state index in [0.717, 1.165) is 10.6 Å². The number of rotatable bonds is 0. The van der Waals surface area contributed by atoms with Crippen molar-refractivity contribution in [3.8, 4) is 9.85 Å². The van der Waals surface area contributed by atoms with Gasteiger partial charge < -0.3 is 0 Å². The fourth-order valence-electron chi connectivity index (χ4n) is 0.621. The second-order valence-corrected chi connectivity index (χ2v) is 2.71. The highest BCUT2D eigenvalue weighted by Gasteiger charge is 1.86. The van der Waals surface area contributed by atoms with Crippen LogP contribution in [-0.4, -0.2) is 0 Å². The zero-order chi connectivity index (χ0) is 7.40. The third kappa shape index (κ3) is 2.20. The van der Waals surface area contributed by atoms with E-state index in [1.807, 2.05) is 46.9 Å². The Labute approximate surface area is 78.7 Å². The van der Waals surface area contributed by atoms with Crippen molar-refractivity contribution in [1.29, 1.82) is 0 Å². The lowest BCUT2D eigenvalue weighted by Gasteiger charge is -1.88. The first-order chi connectivity index (χ1) is 4.83. The molecule has 0 aromatic heterocycles. The van der Waals surface area contributed by atoms with Crippen LogP contribution in [0.2, 0.25) is 5.02 Å². The quantitative estimate of drug-likeness (QED) is 0.498. The van der Waals surface area contributed by atoms with Gasteiger partial charge >= 0.3 is 0 Å². The van der Waals surface area contributed by atoms with E-state index in [9.17, 15) is 0 Å². The summed E-state index contributed by atoms with van der Waals surface area (Å²) in [6.45, 7) is 0. The third-order valence-corrected chi connectivity index (χ3v) is 1.52. The lowest BCUT2D eigenvalue weighted by Crippen LogP contribution is -1.70. The van der Waals surface area contributed by atoms with Gasteiger partial charge in [-0.15, -0.1) is 0 Å². The van der Waals surface area contributed by atoms with Crippen molar-refractivity contribution >= 4 is 34.2 Å². The molecule has 0 bridgehead atoms. The smallest absolute Gasteiger partial charge is 0.0418 e. The SMILES string of the molecule is Clc1cccc(C#CI)c1. The summed E-state index contributed by atoms with van der Waals surface area (Å²) >= 11 is 7.71. The third-order valence-electron chi connectivity index (χ3n) is 1.02. The van der Waals surface area contributed by atoms with Crippen LogP contribution in [0.5, 0.6) is 0 Å². The number of benzene rings is 1. The summed E-state index contributed by atoms with van der Waals surface area (Å²) in [5, 5.41) is 0.733. The van der Waals surface area contributed by atoms with Crippen LogP contribution in [0.3, 0.4) is 0 Å². The second-order valence-electron chi connectivity index (χ2n) is 1.73. The van der Waals surface area contributed by atoms with Crippen molar-refractivity contribution in [2.24, 2.45) is 0 Å². The van der Waals surface area contributed by atoms with Crippen molar-refractivity contribution in [3.05, 3.63) is 34.9 Å². The van der Waals surface area contributed by atoms with Gasteiger partial charge in [-0.2, -0.15) is 0 Å². The topological polar surface area (TPSA) is 0 Å². The Bertz CT molecular complexity index is 283. The molecular weight excluding hydrogens is 258 g/mol. The Morgan fingerprint density at radius 3 is 2.80 bits per heavy atom. The van der Waals surface area contributed by atoms with E-state index >= 15 is 0 Å². The first-order valence-corrected chi connectivity index (χ1v) is 4.16. The minimum Gasteiger partial charge on any atom is -0.0843 e. The minimum absolute atomic E-state index is 0.733. The highest BCUT2D eigenvalue weighted by molar-refractivity contribution is 14.1. The molecule has 50 valence electrons. The molecule has 1 aromatic rings. The van der Waals surface area contributed by atoms with Gasteiger partial charge in [0, 0.05) is 33.2 Å². The molecule has 2 heteroatoms. The molecule has 0 spiro atoms. The number of hydrogen-bond acceptors (Lipinski definition) is 0. The number of halogens is 2. The van der Waals surface area contributed by atoms with Crippen LogP contribution in [-0.2, 0) is 0 Å². The van der Waals surface area contributed by atoms with Crippen LogP contribution in [0.25, 0.3) is 0 Å². The van der Waals surface area contributed by atoms with E-state index in [2.05, 4.69) is 9.85 Å². The molecule has 1 aromatic carbocycles. The molecule has 0 atom stereocenters. The molecule has 0 aliphatic carbocycles. The van der Waals surface area contributed by atoms with Crippen molar-refractivity contribution in [1.82, 2.24) is 0 Å².